The minimum atomic E-state index is -0.101. The van der Waals surface area contributed by atoms with E-state index < -0.39 is 0 Å². The monoisotopic (exact) mass is 329 g/mol. The van der Waals surface area contributed by atoms with Gasteiger partial charge in [-0.25, -0.2) is 4.98 Å². The molecule has 3 heterocycles. The predicted molar refractivity (Wildman–Crippen MR) is 83.2 cm³/mol. The largest absolute Gasteiger partial charge is 0.471 e. The van der Waals surface area contributed by atoms with Crippen LogP contribution in [-0.2, 0) is 6.42 Å². The van der Waals surface area contributed by atoms with Crippen molar-refractivity contribution in [3.63, 3.8) is 0 Å². The minimum absolute atomic E-state index is 0.0398. The summed E-state index contributed by atoms with van der Waals surface area (Å²) >= 11 is 1.14. The lowest BCUT2D eigenvalue weighted by atomic mass is 10.1. The maximum Gasteiger partial charge on any atom is 0.267 e. The number of amides is 1. The van der Waals surface area contributed by atoms with Crippen molar-refractivity contribution in [3.8, 4) is 11.9 Å². The van der Waals surface area contributed by atoms with Crippen LogP contribution in [-0.4, -0.2) is 44.6 Å². The van der Waals surface area contributed by atoms with Crippen molar-refractivity contribution in [3.05, 3.63) is 34.5 Å². The average Bonchev–Trinajstić information content (AvgIpc) is 2.99. The van der Waals surface area contributed by atoms with Crippen LogP contribution in [0.3, 0.4) is 0 Å². The first-order valence-electron chi connectivity index (χ1n) is 7.34. The fourth-order valence-corrected chi connectivity index (χ4v) is 2.98. The van der Waals surface area contributed by atoms with Crippen LogP contribution in [0.4, 0.5) is 0 Å². The van der Waals surface area contributed by atoms with Gasteiger partial charge in [0.1, 0.15) is 11.0 Å². The summed E-state index contributed by atoms with van der Waals surface area (Å²) in [5.74, 6) is 0.370. The Kier molecular flexibility index (Phi) is 4.48. The Balaban J connectivity index is 1.57. The summed E-state index contributed by atoms with van der Waals surface area (Å²) in [5, 5.41) is 12.9. The number of likely N-dealkylation sites (tertiary alicyclic amines) is 1. The molecule has 0 spiro atoms. The molecule has 1 aliphatic heterocycles. The fraction of sp³-hybridized carbons (Fsp3) is 0.400. The van der Waals surface area contributed by atoms with Gasteiger partial charge in [-0.2, -0.15) is 5.26 Å². The van der Waals surface area contributed by atoms with E-state index in [0.29, 0.717) is 29.4 Å². The standard InChI is InChI=1S/C15H15N5O2S/c1-2-3-12-14(23-19-18-12)15(21)20-8-11(9-20)22-13-6-10(7-16)4-5-17-13/h4-6,11H,2-3,8-9H2,1H3. The van der Waals surface area contributed by atoms with Gasteiger partial charge in [0.15, 0.2) is 0 Å². The molecule has 0 N–H and O–H groups in total. The van der Waals surface area contributed by atoms with E-state index in [-0.39, 0.29) is 12.0 Å². The highest BCUT2D eigenvalue weighted by atomic mass is 32.1. The van der Waals surface area contributed by atoms with E-state index in [0.717, 1.165) is 30.1 Å². The first kappa shape index (κ1) is 15.4. The van der Waals surface area contributed by atoms with E-state index >= 15 is 0 Å². The van der Waals surface area contributed by atoms with Crippen LogP contribution in [0.15, 0.2) is 18.3 Å². The van der Waals surface area contributed by atoms with Crippen LogP contribution >= 0.6 is 11.5 Å². The van der Waals surface area contributed by atoms with Gasteiger partial charge in [-0.15, -0.1) is 5.10 Å². The zero-order valence-electron chi connectivity index (χ0n) is 12.6. The molecule has 0 saturated carbocycles. The van der Waals surface area contributed by atoms with Crippen LogP contribution in [0.5, 0.6) is 5.88 Å². The van der Waals surface area contributed by atoms with Gasteiger partial charge < -0.3 is 9.64 Å². The van der Waals surface area contributed by atoms with E-state index in [4.69, 9.17) is 10.00 Å². The Labute approximate surface area is 137 Å². The predicted octanol–water partition coefficient (Wildman–Crippen LogP) is 1.66. The highest BCUT2D eigenvalue weighted by molar-refractivity contribution is 7.08. The number of hydrogen-bond acceptors (Lipinski definition) is 7. The van der Waals surface area contributed by atoms with E-state index in [1.807, 2.05) is 13.0 Å². The fourth-order valence-electron chi connectivity index (χ4n) is 2.31. The van der Waals surface area contributed by atoms with Gasteiger partial charge in [-0.3, -0.25) is 4.79 Å². The van der Waals surface area contributed by atoms with Crippen molar-refractivity contribution in [2.45, 2.75) is 25.9 Å². The van der Waals surface area contributed by atoms with Crippen molar-refractivity contribution < 1.29 is 9.53 Å². The molecular weight excluding hydrogens is 314 g/mol. The van der Waals surface area contributed by atoms with Crippen LogP contribution in [0.1, 0.15) is 34.3 Å². The van der Waals surface area contributed by atoms with Gasteiger partial charge in [0, 0.05) is 12.3 Å². The average molecular weight is 329 g/mol. The van der Waals surface area contributed by atoms with Crippen molar-refractivity contribution >= 4 is 17.4 Å². The molecule has 118 valence electrons. The maximum atomic E-state index is 12.4. The van der Waals surface area contributed by atoms with E-state index in [2.05, 4.69) is 14.6 Å². The van der Waals surface area contributed by atoms with Crippen molar-refractivity contribution in [1.29, 1.82) is 5.26 Å². The van der Waals surface area contributed by atoms with Gasteiger partial charge in [0.2, 0.25) is 5.88 Å². The third-order valence-electron chi connectivity index (χ3n) is 3.52. The summed E-state index contributed by atoms with van der Waals surface area (Å²) in [6.45, 7) is 3.05. The normalized spacial score (nSPS) is 14.2. The number of rotatable bonds is 5. The highest BCUT2D eigenvalue weighted by Crippen LogP contribution is 2.22. The summed E-state index contributed by atoms with van der Waals surface area (Å²) in [7, 11) is 0. The summed E-state index contributed by atoms with van der Waals surface area (Å²) < 4.78 is 9.57. The number of carbonyl (C=O) groups is 1. The number of ether oxygens (including phenoxy) is 1. The molecule has 0 radical (unpaired) electrons. The molecule has 0 unspecified atom stereocenters. The molecule has 7 nitrogen and oxygen atoms in total. The third-order valence-corrected chi connectivity index (χ3v) is 4.28. The van der Waals surface area contributed by atoms with Gasteiger partial charge in [-0.1, -0.05) is 17.8 Å². The van der Waals surface area contributed by atoms with E-state index in [9.17, 15) is 4.79 Å². The molecule has 0 aliphatic carbocycles. The second-order valence-electron chi connectivity index (χ2n) is 5.24. The molecule has 8 heteroatoms. The number of nitrogens with zero attached hydrogens (tertiary/aromatic N) is 5. The van der Waals surface area contributed by atoms with E-state index in [1.54, 1.807) is 17.0 Å². The summed E-state index contributed by atoms with van der Waals surface area (Å²) in [6.07, 6.45) is 3.13. The second-order valence-corrected chi connectivity index (χ2v) is 6.00. The molecule has 1 amide bonds. The molecule has 0 aromatic carbocycles. The molecular formula is C15H15N5O2S. The smallest absolute Gasteiger partial charge is 0.267 e. The van der Waals surface area contributed by atoms with Gasteiger partial charge in [0.25, 0.3) is 5.91 Å². The number of nitriles is 1. The van der Waals surface area contributed by atoms with Crippen molar-refractivity contribution in [2.75, 3.05) is 13.1 Å². The van der Waals surface area contributed by atoms with Crippen molar-refractivity contribution in [2.24, 2.45) is 0 Å². The Morgan fingerprint density at radius 1 is 1.57 bits per heavy atom. The molecule has 0 atom stereocenters. The number of hydrogen-bond donors (Lipinski definition) is 0. The Hall–Kier alpha value is -2.53. The first-order chi connectivity index (χ1) is 11.2. The van der Waals surface area contributed by atoms with Crippen LogP contribution in [0, 0.1) is 11.3 Å². The molecule has 2 aromatic rings. The lowest BCUT2D eigenvalue weighted by molar-refractivity contribution is 0.0162. The number of aryl methyl sites for hydroxylation is 1. The summed E-state index contributed by atoms with van der Waals surface area (Å²) in [6, 6.07) is 5.26. The topological polar surface area (TPSA) is 92.0 Å². The molecule has 23 heavy (non-hydrogen) atoms. The molecule has 2 aromatic heterocycles. The highest BCUT2D eigenvalue weighted by Gasteiger charge is 2.35. The summed E-state index contributed by atoms with van der Waals surface area (Å²) in [4.78, 5) is 18.8. The molecule has 1 saturated heterocycles. The van der Waals surface area contributed by atoms with Gasteiger partial charge in [-0.05, 0) is 24.0 Å². The Morgan fingerprint density at radius 2 is 2.39 bits per heavy atom. The zero-order valence-corrected chi connectivity index (χ0v) is 13.4. The second kappa shape index (κ2) is 6.71. The lowest BCUT2D eigenvalue weighted by Crippen LogP contribution is -2.56. The van der Waals surface area contributed by atoms with Gasteiger partial charge >= 0.3 is 0 Å². The van der Waals surface area contributed by atoms with Crippen LogP contribution < -0.4 is 4.74 Å². The summed E-state index contributed by atoms with van der Waals surface area (Å²) in [5.41, 5.74) is 1.28. The Bertz CT molecular complexity index is 748. The minimum Gasteiger partial charge on any atom is -0.471 e. The first-order valence-corrected chi connectivity index (χ1v) is 8.12. The third kappa shape index (κ3) is 3.29. The number of pyridine rings is 1. The van der Waals surface area contributed by atoms with Crippen molar-refractivity contribution in [1.82, 2.24) is 19.5 Å². The van der Waals surface area contributed by atoms with E-state index in [1.165, 1.54) is 6.20 Å². The van der Waals surface area contributed by atoms with Gasteiger partial charge in [0.05, 0.1) is 30.4 Å². The maximum absolute atomic E-state index is 12.4. The van der Waals surface area contributed by atoms with Crippen LogP contribution in [0.25, 0.3) is 0 Å². The molecule has 1 aliphatic rings. The lowest BCUT2D eigenvalue weighted by Gasteiger charge is -2.38. The number of aromatic nitrogens is 3. The SMILES string of the molecule is CCCc1nnsc1C(=O)N1CC(Oc2cc(C#N)ccn2)C1. The quantitative estimate of drug-likeness (QED) is 0.828. The molecule has 3 rings (SSSR count). The Morgan fingerprint density at radius 3 is 3.13 bits per heavy atom. The number of carbonyl (C=O) groups excluding carboxylic acids is 1. The zero-order chi connectivity index (χ0) is 16.2. The molecule has 0 bridgehead atoms. The van der Waals surface area contributed by atoms with Crippen LogP contribution in [0.2, 0.25) is 0 Å². The molecule has 1 fully saturated rings.